The highest BCUT2D eigenvalue weighted by Crippen LogP contribution is 2.49. The van der Waals surface area contributed by atoms with Gasteiger partial charge in [0.2, 0.25) is 0 Å². The van der Waals surface area contributed by atoms with Crippen LogP contribution in [0.3, 0.4) is 0 Å². The van der Waals surface area contributed by atoms with E-state index >= 15 is 0 Å². The first-order valence-electron chi connectivity index (χ1n) is 10.5. The van der Waals surface area contributed by atoms with Gasteiger partial charge in [0, 0.05) is 24.1 Å². The lowest BCUT2D eigenvalue weighted by Gasteiger charge is -2.45. The molecule has 2 amide bonds. The van der Waals surface area contributed by atoms with Crippen molar-refractivity contribution in [3.63, 3.8) is 0 Å². The average molecular weight is 475 g/mol. The van der Waals surface area contributed by atoms with Crippen molar-refractivity contribution in [1.82, 2.24) is 9.80 Å². The third-order valence-electron chi connectivity index (χ3n) is 6.40. The van der Waals surface area contributed by atoms with Crippen LogP contribution in [0.15, 0.2) is 96.2 Å². The third-order valence-corrected chi connectivity index (χ3v) is 6.91. The lowest BCUT2D eigenvalue weighted by atomic mass is 9.75. The number of nitrogens with zero attached hydrogens (tertiary/aromatic N) is 2. The minimum atomic E-state index is -0.875. The lowest BCUT2D eigenvalue weighted by Crippen LogP contribution is -2.46. The standard InChI is InChI=1S/C27H20Cl2N2O2/c1-30-25(32)23-22(17-6-4-3-5-7-17)16-27(31(2)24(23)26(30)33,18-8-12-20(28)13-9-18)19-10-14-21(29)15-11-19/h3-16H,1-2H3. The molecule has 0 saturated carbocycles. The number of halogens is 2. The van der Waals surface area contributed by atoms with Crippen LogP contribution in [-0.4, -0.2) is 35.7 Å². The minimum absolute atomic E-state index is 0.308. The van der Waals surface area contributed by atoms with Gasteiger partial charge in [-0.25, -0.2) is 0 Å². The maximum Gasteiger partial charge on any atom is 0.277 e. The van der Waals surface area contributed by atoms with Crippen molar-refractivity contribution in [3.05, 3.63) is 123 Å². The van der Waals surface area contributed by atoms with Crippen LogP contribution >= 0.6 is 23.2 Å². The molecule has 0 aliphatic carbocycles. The maximum atomic E-state index is 13.3. The quantitative estimate of drug-likeness (QED) is 0.469. The monoisotopic (exact) mass is 474 g/mol. The zero-order valence-corrected chi connectivity index (χ0v) is 19.6. The molecule has 2 heterocycles. The van der Waals surface area contributed by atoms with E-state index in [-0.39, 0.29) is 11.8 Å². The number of carbonyl (C=O) groups excluding carboxylic acids is 2. The summed E-state index contributed by atoms with van der Waals surface area (Å²) in [5.41, 5.74) is 3.31. The van der Waals surface area contributed by atoms with Gasteiger partial charge in [0.05, 0.1) is 5.57 Å². The summed E-state index contributed by atoms with van der Waals surface area (Å²) in [4.78, 5) is 29.6. The van der Waals surface area contributed by atoms with Crippen molar-refractivity contribution in [1.29, 1.82) is 0 Å². The Morgan fingerprint density at radius 1 is 0.697 bits per heavy atom. The van der Waals surface area contributed by atoms with E-state index in [0.717, 1.165) is 22.3 Å². The number of likely N-dealkylation sites (N-methyl/N-ethyl adjacent to an activating group) is 2. The number of hydrogen-bond donors (Lipinski definition) is 0. The van der Waals surface area contributed by atoms with Gasteiger partial charge in [0.25, 0.3) is 11.8 Å². The van der Waals surface area contributed by atoms with Crippen molar-refractivity contribution in [3.8, 4) is 0 Å². The molecule has 2 aliphatic heterocycles. The zero-order valence-electron chi connectivity index (χ0n) is 18.0. The molecule has 33 heavy (non-hydrogen) atoms. The van der Waals surface area contributed by atoms with Gasteiger partial charge in [-0.15, -0.1) is 0 Å². The maximum absolute atomic E-state index is 13.3. The second-order valence-corrected chi connectivity index (χ2v) is 9.03. The molecule has 0 saturated heterocycles. The van der Waals surface area contributed by atoms with E-state index in [1.165, 1.54) is 11.9 Å². The fourth-order valence-corrected chi connectivity index (χ4v) is 4.96. The summed E-state index contributed by atoms with van der Waals surface area (Å²) in [6.45, 7) is 0. The van der Waals surface area contributed by atoms with Gasteiger partial charge in [-0.05, 0) is 52.6 Å². The minimum Gasteiger partial charge on any atom is -0.352 e. The molecule has 4 nitrogen and oxygen atoms in total. The van der Waals surface area contributed by atoms with Crippen molar-refractivity contribution in [2.24, 2.45) is 0 Å². The van der Waals surface area contributed by atoms with Crippen molar-refractivity contribution in [2.75, 3.05) is 14.1 Å². The Labute approximate surface area is 202 Å². The molecule has 0 radical (unpaired) electrons. The predicted molar refractivity (Wildman–Crippen MR) is 131 cm³/mol. The second-order valence-electron chi connectivity index (χ2n) is 8.16. The Kier molecular flexibility index (Phi) is 5.15. The number of benzene rings is 3. The molecular formula is C27H20Cl2N2O2. The van der Waals surface area contributed by atoms with Gasteiger partial charge in [-0.2, -0.15) is 0 Å². The Hall–Kier alpha value is -3.34. The number of hydrogen-bond acceptors (Lipinski definition) is 3. The Bertz CT molecular complexity index is 1280. The molecule has 3 aromatic rings. The smallest absolute Gasteiger partial charge is 0.277 e. The Morgan fingerprint density at radius 2 is 1.21 bits per heavy atom. The van der Waals surface area contributed by atoms with E-state index in [1.54, 1.807) is 0 Å². The van der Waals surface area contributed by atoms with Crippen LogP contribution in [0.4, 0.5) is 0 Å². The molecule has 0 bridgehead atoms. The van der Waals surface area contributed by atoms with Gasteiger partial charge >= 0.3 is 0 Å². The van der Waals surface area contributed by atoms with Crippen LogP contribution in [0.25, 0.3) is 5.57 Å². The molecule has 0 aromatic heterocycles. The van der Waals surface area contributed by atoms with Crippen molar-refractivity contribution < 1.29 is 9.59 Å². The van der Waals surface area contributed by atoms with Crippen LogP contribution in [0.2, 0.25) is 10.0 Å². The van der Waals surface area contributed by atoms with Crippen molar-refractivity contribution in [2.45, 2.75) is 5.54 Å². The highest BCUT2D eigenvalue weighted by molar-refractivity contribution is 6.31. The molecule has 2 aliphatic rings. The van der Waals surface area contributed by atoms with Crippen LogP contribution in [0.5, 0.6) is 0 Å². The summed E-state index contributed by atoms with van der Waals surface area (Å²) >= 11 is 12.4. The van der Waals surface area contributed by atoms with Crippen LogP contribution in [0.1, 0.15) is 16.7 Å². The fraction of sp³-hybridized carbons (Fsp3) is 0.111. The van der Waals surface area contributed by atoms with E-state index in [0.29, 0.717) is 21.3 Å². The summed E-state index contributed by atoms with van der Waals surface area (Å²) < 4.78 is 0. The molecule has 5 rings (SSSR count). The summed E-state index contributed by atoms with van der Waals surface area (Å²) in [6, 6.07) is 24.8. The summed E-state index contributed by atoms with van der Waals surface area (Å²) in [6.07, 6.45) is 2.07. The first-order valence-corrected chi connectivity index (χ1v) is 11.2. The highest BCUT2D eigenvalue weighted by atomic mass is 35.5. The Morgan fingerprint density at radius 3 is 1.73 bits per heavy atom. The molecule has 0 atom stereocenters. The fourth-order valence-electron chi connectivity index (χ4n) is 4.71. The van der Waals surface area contributed by atoms with Crippen LogP contribution in [-0.2, 0) is 15.1 Å². The van der Waals surface area contributed by atoms with E-state index in [1.807, 2.05) is 90.8 Å². The third kappa shape index (κ3) is 3.21. The van der Waals surface area contributed by atoms with E-state index in [9.17, 15) is 9.59 Å². The molecule has 164 valence electrons. The molecule has 0 N–H and O–H groups in total. The largest absolute Gasteiger partial charge is 0.352 e. The first kappa shape index (κ1) is 21.5. The number of carbonyl (C=O) groups is 2. The van der Waals surface area contributed by atoms with E-state index < -0.39 is 5.54 Å². The zero-order chi connectivity index (χ0) is 23.3. The predicted octanol–water partition coefficient (Wildman–Crippen LogP) is 5.52. The number of imide groups is 1. The average Bonchev–Trinajstić information content (AvgIpc) is 3.06. The van der Waals surface area contributed by atoms with Gasteiger partial charge in [0.15, 0.2) is 0 Å². The topological polar surface area (TPSA) is 40.6 Å². The van der Waals surface area contributed by atoms with Gasteiger partial charge < -0.3 is 4.90 Å². The van der Waals surface area contributed by atoms with Crippen LogP contribution < -0.4 is 0 Å². The summed E-state index contributed by atoms with van der Waals surface area (Å²) in [5, 5.41) is 1.23. The van der Waals surface area contributed by atoms with Gasteiger partial charge in [0.1, 0.15) is 11.2 Å². The lowest BCUT2D eigenvalue weighted by molar-refractivity contribution is -0.136. The summed E-state index contributed by atoms with van der Waals surface area (Å²) in [5.74, 6) is -0.635. The summed E-state index contributed by atoms with van der Waals surface area (Å²) in [7, 11) is 3.37. The van der Waals surface area contributed by atoms with Gasteiger partial charge in [-0.3, -0.25) is 14.5 Å². The van der Waals surface area contributed by atoms with Crippen molar-refractivity contribution >= 4 is 40.6 Å². The van der Waals surface area contributed by atoms with Gasteiger partial charge in [-0.1, -0.05) is 77.8 Å². The molecular weight excluding hydrogens is 455 g/mol. The van der Waals surface area contributed by atoms with E-state index in [4.69, 9.17) is 23.2 Å². The molecule has 0 spiro atoms. The van der Waals surface area contributed by atoms with E-state index in [2.05, 4.69) is 6.08 Å². The highest BCUT2D eigenvalue weighted by Gasteiger charge is 2.50. The molecule has 6 heteroatoms. The Balaban J connectivity index is 1.88. The first-order chi connectivity index (χ1) is 15.8. The SMILES string of the molecule is CN1C(=O)C2=C(C1=O)N(C)C(c1ccc(Cl)cc1)(c1ccc(Cl)cc1)C=C2c1ccccc1. The molecule has 3 aromatic carbocycles. The molecule has 0 unspecified atom stereocenters. The normalized spacial score (nSPS) is 17.4. The van der Waals surface area contributed by atoms with Crippen LogP contribution in [0, 0.1) is 0 Å². The number of rotatable bonds is 3. The molecule has 0 fully saturated rings. The second kappa shape index (κ2) is 7.91. The number of amides is 2.